The number of carboxylic acid groups (broad SMARTS) is 1. The Morgan fingerprint density at radius 3 is 2.31 bits per heavy atom. The van der Waals surface area contributed by atoms with Crippen molar-refractivity contribution in [1.82, 2.24) is 4.90 Å². The number of hydrogen-bond donors (Lipinski definition) is 4. The van der Waals surface area contributed by atoms with Gasteiger partial charge in [-0.05, 0) is 55.0 Å². The minimum atomic E-state index is -0.860. The molecule has 0 saturated carbocycles. The van der Waals surface area contributed by atoms with E-state index >= 15 is 0 Å². The van der Waals surface area contributed by atoms with Crippen LogP contribution in [0.2, 0.25) is 0 Å². The van der Waals surface area contributed by atoms with Gasteiger partial charge in [-0.2, -0.15) is 0 Å². The van der Waals surface area contributed by atoms with Gasteiger partial charge in [-0.3, -0.25) is 9.59 Å². The zero-order chi connectivity index (χ0) is 21.0. The standard InChI is InChI=1S/C21H24N4O4/c22-18-16(19(23)26)2-1-3-17(18)24-20(27)15-6-4-13(5-7-15)12-14-8-10-25(11-9-14)21(28)29/h1-7,14H,8-12,22H2,(H2,23,26)(H,24,27)(H,28,29). The summed E-state index contributed by atoms with van der Waals surface area (Å²) in [6.07, 6.45) is 1.66. The predicted octanol–water partition coefficient (Wildman–Crippen LogP) is 2.55. The average molecular weight is 396 g/mol. The summed E-state index contributed by atoms with van der Waals surface area (Å²) >= 11 is 0. The number of nitrogen functional groups attached to an aromatic ring is 1. The first-order valence-electron chi connectivity index (χ1n) is 9.41. The molecule has 1 saturated heterocycles. The highest BCUT2D eigenvalue weighted by Gasteiger charge is 2.22. The summed E-state index contributed by atoms with van der Waals surface area (Å²) in [6.45, 7) is 1.12. The minimum Gasteiger partial charge on any atom is -0.465 e. The summed E-state index contributed by atoms with van der Waals surface area (Å²) in [5, 5.41) is 11.7. The van der Waals surface area contributed by atoms with E-state index in [1.54, 1.807) is 24.3 Å². The van der Waals surface area contributed by atoms with E-state index in [4.69, 9.17) is 16.6 Å². The van der Waals surface area contributed by atoms with Crippen LogP contribution in [0.5, 0.6) is 0 Å². The molecule has 0 aromatic heterocycles. The third kappa shape index (κ3) is 4.84. The number of amides is 3. The molecule has 1 fully saturated rings. The number of piperidine rings is 1. The fourth-order valence-electron chi connectivity index (χ4n) is 3.54. The summed E-state index contributed by atoms with van der Waals surface area (Å²) in [6, 6.07) is 12.0. The van der Waals surface area contributed by atoms with E-state index in [0.29, 0.717) is 30.3 Å². The van der Waals surface area contributed by atoms with Gasteiger partial charge in [0.1, 0.15) is 0 Å². The molecule has 8 heteroatoms. The highest BCUT2D eigenvalue weighted by atomic mass is 16.4. The van der Waals surface area contributed by atoms with E-state index < -0.39 is 12.0 Å². The molecule has 0 unspecified atom stereocenters. The van der Waals surface area contributed by atoms with Crippen LogP contribution in [0.15, 0.2) is 42.5 Å². The first-order valence-corrected chi connectivity index (χ1v) is 9.41. The zero-order valence-corrected chi connectivity index (χ0v) is 15.9. The number of primary amides is 1. The van der Waals surface area contributed by atoms with Crippen LogP contribution in [-0.2, 0) is 6.42 Å². The van der Waals surface area contributed by atoms with Crippen LogP contribution >= 0.6 is 0 Å². The van der Waals surface area contributed by atoms with Crippen LogP contribution in [0.3, 0.4) is 0 Å². The van der Waals surface area contributed by atoms with Crippen LogP contribution in [-0.4, -0.2) is 41.0 Å². The number of para-hydroxylation sites is 1. The normalized spacial score (nSPS) is 14.4. The third-order valence-corrected chi connectivity index (χ3v) is 5.25. The van der Waals surface area contributed by atoms with Gasteiger partial charge in [-0.1, -0.05) is 18.2 Å². The second-order valence-corrected chi connectivity index (χ2v) is 7.20. The van der Waals surface area contributed by atoms with E-state index in [-0.39, 0.29) is 17.2 Å². The fourth-order valence-corrected chi connectivity index (χ4v) is 3.54. The molecular weight excluding hydrogens is 372 g/mol. The van der Waals surface area contributed by atoms with Crippen molar-refractivity contribution < 1.29 is 19.5 Å². The molecule has 3 rings (SSSR count). The van der Waals surface area contributed by atoms with Gasteiger partial charge in [-0.15, -0.1) is 0 Å². The summed E-state index contributed by atoms with van der Waals surface area (Å²) in [7, 11) is 0. The maximum absolute atomic E-state index is 12.5. The lowest BCUT2D eigenvalue weighted by molar-refractivity contribution is 0.0997. The van der Waals surface area contributed by atoms with Crippen molar-refractivity contribution in [2.75, 3.05) is 24.1 Å². The molecule has 6 N–H and O–H groups in total. The Hall–Kier alpha value is -3.55. The van der Waals surface area contributed by atoms with Gasteiger partial charge >= 0.3 is 6.09 Å². The van der Waals surface area contributed by atoms with Gasteiger partial charge in [-0.25, -0.2) is 4.79 Å². The molecule has 1 heterocycles. The molecule has 29 heavy (non-hydrogen) atoms. The van der Waals surface area contributed by atoms with Gasteiger partial charge in [0, 0.05) is 18.7 Å². The lowest BCUT2D eigenvalue weighted by Gasteiger charge is -2.30. The Balaban J connectivity index is 1.60. The molecule has 2 aromatic carbocycles. The monoisotopic (exact) mass is 396 g/mol. The molecule has 0 spiro atoms. The summed E-state index contributed by atoms with van der Waals surface area (Å²) in [5.41, 5.74) is 13.4. The fraction of sp³-hybridized carbons (Fsp3) is 0.286. The zero-order valence-electron chi connectivity index (χ0n) is 15.9. The maximum Gasteiger partial charge on any atom is 0.407 e. The number of likely N-dealkylation sites (tertiary alicyclic amines) is 1. The van der Waals surface area contributed by atoms with E-state index in [1.807, 2.05) is 12.1 Å². The molecule has 2 aromatic rings. The summed E-state index contributed by atoms with van der Waals surface area (Å²) < 4.78 is 0. The quantitative estimate of drug-likeness (QED) is 0.575. The SMILES string of the molecule is NC(=O)c1cccc(NC(=O)c2ccc(CC3CCN(C(=O)O)CC3)cc2)c1N. The number of anilines is 2. The van der Waals surface area contributed by atoms with Crippen LogP contribution in [0.1, 0.15) is 39.1 Å². The molecule has 0 bridgehead atoms. The van der Waals surface area contributed by atoms with Crippen molar-refractivity contribution in [2.24, 2.45) is 11.7 Å². The Labute approximate surface area is 168 Å². The Morgan fingerprint density at radius 1 is 1.07 bits per heavy atom. The molecule has 8 nitrogen and oxygen atoms in total. The van der Waals surface area contributed by atoms with Crippen LogP contribution < -0.4 is 16.8 Å². The maximum atomic E-state index is 12.5. The second kappa shape index (κ2) is 8.64. The second-order valence-electron chi connectivity index (χ2n) is 7.20. The van der Waals surface area contributed by atoms with E-state index in [0.717, 1.165) is 24.8 Å². The minimum absolute atomic E-state index is 0.137. The van der Waals surface area contributed by atoms with E-state index in [1.165, 1.54) is 11.0 Å². The van der Waals surface area contributed by atoms with Gasteiger partial charge < -0.3 is 26.8 Å². The lowest BCUT2D eigenvalue weighted by atomic mass is 9.90. The van der Waals surface area contributed by atoms with Crippen molar-refractivity contribution in [3.05, 3.63) is 59.2 Å². The molecule has 0 radical (unpaired) electrons. The molecule has 1 aliphatic heterocycles. The van der Waals surface area contributed by atoms with Gasteiger partial charge in [0.15, 0.2) is 0 Å². The average Bonchev–Trinajstić information content (AvgIpc) is 2.70. The number of hydrogen-bond acceptors (Lipinski definition) is 4. The summed E-state index contributed by atoms with van der Waals surface area (Å²) in [4.78, 5) is 36.3. The molecule has 0 aliphatic carbocycles. The van der Waals surface area contributed by atoms with Crippen molar-refractivity contribution in [1.29, 1.82) is 0 Å². The van der Waals surface area contributed by atoms with Crippen LogP contribution in [0.25, 0.3) is 0 Å². The predicted molar refractivity (Wildman–Crippen MR) is 110 cm³/mol. The van der Waals surface area contributed by atoms with E-state index in [2.05, 4.69) is 5.32 Å². The first-order chi connectivity index (χ1) is 13.8. The van der Waals surface area contributed by atoms with Gasteiger partial charge in [0.05, 0.1) is 16.9 Å². The first kappa shape index (κ1) is 20.2. The summed E-state index contributed by atoms with van der Waals surface area (Å²) in [5.74, 6) is -0.557. The number of nitrogens with one attached hydrogen (secondary N) is 1. The lowest BCUT2D eigenvalue weighted by Crippen LogP contribution is -2.37. The van der Waals surface area contributed by atoms with Gasteiger partial charge in [0.2, 0.25) is 0 Å². The van der Waals surface area contributed by atoms with Crippen molar-refractivity contribution in [3.8, 4) is 0 Å². The smallest absolute Gasteiger partial charge is 0.407 e. The topological polar surface area (TPSA) is 139 Å². The molecule has 3 amide bonds. The number of carbonyl (C=O) groups is 3. The van der Waals surface area contributed by atoms with Crippen molar-refractivity contribution in [2.45, 2.75) is 19.3 Å². The van der Waals surface area contributed by atoms with E-state index in [9.17, 15) is 14.4 Å². The number of rotatable bonds is 5. The third-order valence-electron chi connectivity index (χ3n) is 5.25. The number of benzene rings is 2. The number of nitrogens with zero attached hydrogens (tertiary/aromatic N) is 1. The highest BCUT2D eigenvalue weighted by molar-refractivity contribution is 6.08. The largest absolute Gasteiger partial charge is 0.465 e. The Kier molecular flexibility index (Phi) is 6.01. The molecule has 0 atom stereocenters. The van der Waals surface area contributed by atoms with Crippen molar-refractivity contribution >= 4 is 29.3 Å². The Morgan fingerprint density at radius 2 is 1.72 bits per heavy atom. The van der Waals surface area contributed by atoms with Crippen LogP contribution in [0, 0.1) is 5.92 Å². The number of carbonyl (C=O) groups excluding carboxylic acids is 2. The van der Waals surface area contributed by atoms with Gasteiger partial charge in [0.25, 0.3) is 11.8 Å². The number of nitrogens with two attached hydrogens (primary N) is 2. The van der Waals surface area contributed by atoms with Crippen LogP contribution in [0.4, 0.5) is 16.2 Å². The van der Waals surface area contributed by atoms with Crippen molar-refractivity contribution in [3.63, 3.8) is 0 Å². The molecule has 152 valence electrons. The highest BCUT2D eigenvalue weighted by Crippen LogP contribution is 2.24. The molecular formula is C21H24N4O4. The Bertz CT molecular complexity index is 919. The molecule has 1 aliphatic rings.